The van der Waals surface area contributed by atoms with Gasteiger partial charge in [-0.15, -0.1) is 6.42 Å². The molecular weight excluding hydrogens is 210 g/mol. The quantitative estimate of drug-likeness (QED) is 0.760. The predicted molar refractivity (Wildman–Crippen MR) is 59.6 cm³/mol. The van der Waals surface area contributed by atoms with Gasteiger partial charge in [0.25, 0.3) is 0 Å². The van der Waals surface area contributed by atoms with E-state index in [0.717, 1.165) is 5.56 Å². The van der Waals surface area contributed by atoms with E-state index in [9.17, 15) is 4.79 Å². The van der Waals surface area contributed by atoms with E-state index < -0.39 is 0 Å². The molecule has 2 N–H and O–H groups in total. The second-order valence-electron chi connectivity index (χ2n) is 3.11. The molecule has 0 aromatic carbocycles. The molecular formula is C10H9N3OS. The lowest BCUT2D eigenvalue weighted by Gasteiger charge is -2.20. The number of hydrogen-bond acceptors (Lipinski definition) is 3. The van der Waals surface area contributed by atoms with E-state index in [1.54, 1.807) is 11.3 Å². The fraction of sp³-hybridized carbons (Fsp3) is 0.200. The third-order valence-corrected chi connectivity index (χ3v) is 2.88. The molecule has 1 aliphatic rings. The SMILES string of the molecule is C#CCN1C(=O)N=C(N)C1c1ccsc1. The lowest BCUT2D eigenvalue weighted by atomic mass is 10.1. The largest absolute Gasteiger partial charge is 0.385 e. The van der Waals surface area contributed by atoms with Gasteiger partial charge >= 0.3 is 6.03 Å². The Morgan fingerprint density at radius 2 is 2.53 bits per heavy atom. The van der Waals surface area contributed by atoms with Crippen LogP contribution in [-0.2, 0) is 0 Å². The molecule has 2 heterocycles. The van der Waals surface area contributed by atoms with Crippen LogP contribution in [-0.4, -0.2) is 23.3 Å². The van der Waals surface area contributed by atoms with Crippen LogP contribution in [0.3, 0.4) is 0 Å². The van der Waals surface area contributed by atoms with Gasteiger partial charge in [0, 0.05) is 0 Å². The van der Waals surface area contributed by atoms with Crippen LogP contribution < -0.4 is 5.73 Å². The molecule has 0 fully saturated rings. The maximum Gasteiger partial charge on any atom is 0.346 e. The summed E-state index contributed by atoms with van der Waals surface area (Å²) < 4.78 is 0. The second-order valence-corrected chi connectivity index (χ2v) is 3.89. The first-order valence-electron chi connectivity index (χ1n) is 4.34. The van der Waals surface area contributed by atoms with E-state index in [-0.39, 0.29) is 18.6 Å². The summed E-state index contributed by atoms with van der Waals surface area (Å²) in [5.41, 5.74) is 6.67. The van der Waals surface area contributed by atoms with Gasteiger partial charge in [-0.3, -0.25) is 4.90 Å². The van der Waals surface area contributed by atoms with Gasteiger partial charge < -0.3 is 5.73 Å². The summed E-state index contributed by atoms with van der Waals surface area (Å²) >= 11 is 1.55. The number of nitrogens with two attached hydrogens (primary N) is 1. The maximum absolute atomic E-state index is 11.4. The molecule has 1 atom stereocenters. The summed E-state index contributed by atoms with van der Waals surface area (Å²) in [7, 11) is 0. The number of amides is 2. The molecule has 0 bridgehead atoms. The van der Waals surface area contributed by atoms with E-state index >= 15 is 0 Å². The fourth-order valence-corrected chi connectivity index (χ4v) is 2.22. The smallest absolute Gasteiger partial charge is 0.346 e. The Kier molecular flexibility index (Phi) is 2.44. The molecule has 1 aromatic heterocycles. The van der Waals surface area contributed by atoms with Gasteiger partial charge in [-0.25, -0.2) is 4.79 Å². The zero-order valence-corrected chi connectivity index (χ0v) is 8.70. The summed E-state index contributed by atoms with van der Waals surface area (Å²) in [5, 5.41) is 3.87. The Labute approximate surface area is 91.4 Å². The fourth-order valence-electron chi connectivity index (χ4n) is 1.54. The number of nitrogens with zero attached hydrogens (tertiary/aromatic N) is 2. The van der Waals surface area contributed by atoms with Gasteiger partial charge in [0.1, 0.15) is 11.9 Å². The van der Waals surface area contributed by atoms with Crippen molar-refractivity contribution < 1.29 is 4.79 Å². The van der Waals surface area contributed by atoms with E-state index in [0.29, 0.717) is 5.84 Å². The minimum Gasteiger partial charge on any atom is -0.385 e. The van der Waals surface area contributed by atoms with Crippen molar-refractivity contribution in [1.82, 2.24) is 4.90 Å². The van der Waals surface area contributed by atoms with Crippen molar-refractivity contribution in [2.45, 2.75) is 6.04 Å². The third-order valence-electron chi connectivity index (χ3n) is 2.18. The molecule has 76 valence electrons. The third kappa shape index (κ3) is 1.60. The molecule has 1 aromatic rings. The molecule has 0 saturated carbocycles. The average Bonchev–Trinajstić information content (AvgIpc) is 2.77. The highest BCUT2D eigenvalue weighted by Crippen LogP contribution is 2.27. The Bertz CT molecular complexity index is 444. The van der Waals surface area contributed by atoms with Crippen molar-refractivity contribution in [3.63, 3.8) is 0 Å². The maximum atomic E-state index is 11.4. The zero-order chi connectivity index (χ0) is 10.8. The molecule has 1 aliphatic heterocycles. The van der Waals surface area contributed by atoms with Gasteiger partial charge in [0.15, 0.2) is 0 Å². The molecule has 4 nitrogen and oxygen atoms in total. The Morgan fingerprint density at radius 1 is 1.73 bits per heavy atom. The standard InChI is InChI=1S/C10H9N3OS/c1-2-4-13-8(7-3-5-15-6-7)9(11)12-10(13)14/h1,3,5-6,8H,4H2,(H2,11,12,14). The van der Waals surface area contributed by atoms with E-state index in [1.165, 1.54) is 4.90 Å². The highest BCUT2D eigenvalue weighted by Gasteiger charge is 2.33. The van der Waals surface area contributed by atoms with E-state index in [1.807, 2.05) is 16.8 Å². The van der Waals surface area contributed by atoms with Crippen LogP contribution in [0.1, 0.15) is 11.6 Å². The number of amidine groups is 1. The van der Waals surface area contributed by atoms with Crippen LogP contribution >= 0.6 is 11.3 Å². The molecule has 0 radical (unpaired) electrons. The van der Waals surface area contributed by atoms with Crippen molar-refractivity contribution >= 4 is 23.2 Å². The molecule has 0 saturated heterocycles. The topological polar surface area (TPSA) is 58.7 Å². The number of carbonyl (C=O) groups is 1. The van der Waals surface area contributed by atoms with Crippen LogP contribution in [0.25, 0.3) is 0 Å². The lowest BCUT2D eigenvalue weighted by Crippen LogP contribution is -2.33. The summed E-state index contributed by atoms with van der Waals surface area (Å²) in [6.45, 7) is 0.226. The zero-order valence-electron chi connectivity index (χ0n) is 7.88. The predicted octanol–water partition coefficient (Wildman–Crippen LogP) is 1.22. The van der Waals surface area contributed by atoms with Gasteiger partial charge in [-0.2, -0.15) is 16.3 Å². The number of carbonyl (C=O) groups excluding carboxylic acids is 1. The molecule has 2 rings (SSSR count). The monoisotopic (exact) mass is 219 g/mol. The van der Waals surface area contributed by atoms with E-state index in [4.69, 9.17) is 12.2 Å². The normalized spacial score (nSPS) is 20.2. The number of rotatable bonds is 2. The molecule has 15 heavy (non-hydrogen) atoms. The summed E-state index contributed by atoms with van der Waals surface area (Å²) in [6.07, 6.45) is 5.20. The van der Waals surface area contributed by atoms with Crippen molar-refractivity contribution in [2.24, 2.45) is 10.7 Å². The number of thiophene rings is 1. The van der Waals surface area contributed by atoms with E-state index in [2.05, 4.69) is 10.9 Å². The highest BCUT2D eigenvalue weighted by molar-refractivity contribution is 7.08. The molecule has 0 spiro atoms. The molecule has 2 amide bonds. The van der Waals surface area contributed by atoms with Crippen LogP contribution in [0.2, 0.25) is 0 Å². The van der Waals surface area contributed by atoms with Gasteiger partial charge in [-0.05, 0) is 22.4 Å². The van der Waals surface area contributed by atoms with Crippen molar-refractivity contribution in [3.05, 3.63) is 22.4 Å². The highest BCUT2D eigenvalue weighted by atomic mass is 32.1. The molecule has 1 unspecified atom stereocenters. The summed E-state index contributed by atoms with van der Waals surface area (Å²) in [5.74, 6) is 2.75. The van der Waals surface area contributed by atoms with Crippen molar-refractivity contribution in [3.8, 4) is 12.3 Å². The number of hydrogen-bond donors (Lipinski definition) is 1. The summed E-state index contributed by atoms with van der Waals surface area (Å²) in [4.78, 5) is 16.6. The number of urea groups is 1. The van der Waals surface area contributed by atoms with Crippen molar-refractivity contribution in [2.75, 3.05) is 6.54 Å². The molecule has 5 heteroatoms. The Morgan fingerprint density at radius 3 is 3.13 bits per heavy atom. The van der Waals surface area contributed by atoms with Gasteiger partial charge in [0.05, 0.1) is 6.54 Å². The minimum absolute atomic E-state index is 0.226. The average molecular weight is 219 g/mol. The van der Waals surface area contributed by atoms with Crippen LogP contribution in [0.5, 0.6) is 0 Å². The first-order valence-corrected chi connectivity index (χ1v) is 5.28. The number of aliphatic imine (C=N–C) groups is 1. The summed E-state index contributed by atoms with van der Waals surface area (Å²) in [6, 6.07) is 1.27. The van der Waals surface area contributed by atoms with Crippen molar-refractivity contribution in [1.29, 1.82) is 0 Å². The Balaban J connectivity index is 2.33. The first-order chi connectivity index (χ1) is 7.24. The molecule has 0 aliphatic carbocycles. The Hall–Kier alpha value is -1.80. The minimum atomic E-state index is -0.360. The van der Waals surface area contributed by atoms with Gasteiger partial charge in [-0.1, -0.05) is 5.92 Å². The van der Waals surface area contributed by atoms with Gasteiger partial charge in [0.2, 0.25) is 0 Å². The lowest BCUT2D eigenvalue weighted by molar-refractivity contribution is 0.213. The van der Waals surface area contributed by atoms with Crippen LogP contribution in [0, 0.1) is 12.3 Å². The number of terminal acetylenes is 1. The second kappa shape index (κ2) is 3.75. The van der Waals surface area contributed by atoms with Crippen LogP contribution in [0.4, 0.5) is 4.79 Å². The van der Waals surface area contributed by atoms with Crippen LogP contribution in [0.15, 0.2) is 21.8 Å². The first kappa shape index (κ1) is 9.74.